The maximum Gasteiger partial charge on any atom is 0.0208 e. The van der Waals surface area contributed by atoms with Crippen LogP contribution >= 0.6 is 0 Å². The summed E-state index contributed by atoms with van der Waals surface area (Å²) in [6.07, 6.45) is 1.13. The average molecular weight is 265 g/mol. The third-order valence-corrected chi connectivity index (χ3v) is 4.33. The zero-order valence-electron chi connectivity index (χ0n) is 12.4. The predicted molar refractivity (Wildman–Crippen MR) is 85.1 cm³/mol. The fourth-order valence-corrected chi connectivity index (χ4v) is 3.09. The molecule has 0 bridgehead atoms. The molecule has 20 heavy (non-hydrogen) atoms. The Balaban J connectivity index is 1.78. The van der Waals surface area contributed by atoms with E-state index in [0.29, 0.717) is 11.8 Å². The minimum atomic E-state index is 0.602. The van der Waals surface area contributed by atoms with Crippen molar-refractivity contribution in [2.24, 2.45) is 0 Å². The van der Waals surface area contributed by atoms with Crippen molar-refractivity contribution in [1.29, 1.82) is 0 Å². The first-order valence-electron chi connectivity index (χ1n) is 7.61. The second-order valence-electron chi connectivity index (χ2n) is 6.13. The molecule has 0 aromatic heterocycles. The third kappa shape index (κ3) is 2.78. The summed E-state index contributed by atoms with van der Waals surface area (Å²) >= 11 is 0. The van der Waals surface area contributed by atoms with Crippen molar-refractivity contribution < 1.29 is 0 Å². The summed E-state index contributed by atoms with van der Waals surface area (Å²) < 4.78 is 0. The number of rotatable bonds is 3. The van der Waals surface area contributed by atoms with Gasteiger partial charge >= 0.3 is 0 Å². The van der Waals surface area contributed by atoms with Crippen LogP contribution in [0.1, 0.15) is 47.9 Å². The summed E-state index contributed by atoms with van der Waals surface area (Å²) in [6.45, 7) is 6.59. The quantitative estimate of drug-likeness (QED) is 0.875. The molecule has 1 atom stereocenters. The Morgan fingerprint density at radius 2 is 1.80 bits per heavy atom. The fourth-order valence-electron chi connectivity index (χ4n) is 3.09. The molecule has 0 fully saturated rings. The average Bonchev–Trinajstić information content (AvgIpc) is 2.48. The molecule has 0 spiro atoms. The molecule has 1 heterocycles. The second-order valence-corrected chi connectivity index (χ2v) is 6.13. The molecular weight excluding hydrogens is 242 g/mol. The lowest BCUT2D eigenvalue weighted by atomic mass is 9.86. The largest absolute Gasteiger partial charge is 0.312 e. The molecule has 1 N–H and O–H groups in total. The Kier molecular flexibility index (Phi) is 3.88. The van der Waals surface area contributed by atoms with E-state index in [1.807, 2.05) is 0 Å². The molecule has 0 radical (unpaired) electrons. The molecule has 1 aliphatic heterocycles. The van der Waals surface area contributed by atoms with Gasteiger partial charge in [-0.25, -0.2) is 0 Å². The number of hydrogen-bond acceptors (Lipinski definition) is 1. The molecule has 0 aliphatic carbocycles. The Hall–Kier alpha value is -1.60. The first kappa shape index (κ1) is 13.4. The summed E-state index contributed by atoms with van der Waals surface area (Å²) in [5, 5.41) is 3.54. The van der Waals surface area contributed by atoms with Crippen LogP contribution in [0.3, 0.4) is 0 Å². The molecule has 104 valence electrons. The van der Waals surface area contributed by atoms with Gasteiger partial charge in [-0.3, -0.25) is 0 Å². The highest BCUT2D eigenvalue weighted by atomic mass is 14.9. The van der Waals surface area contributed by atoms with E-state index in [9.17, 15) is 0 Å². The van der Waals surface area contributed by atoms with Crippen molar-refractivity contribution in [3.8, 4) is 0 Å². The van der Waals surface area contributed by atoms with E-state index in [2.05, 4.69) is 67.7 Å². The monoisotopic (exact) mass is 265 g/mol. The third-order valence-electron chi connectivity index (χ3n) is 4.33. The van der Waals surface area contributed by atoms with Gasteiger partial charge in [0.2, 0.25) is 0 Å². The Bertz CT molecular complexity index is 569. The minimum Gasteiger partial charge on any atom is -0.312 e. The van der Waals surface area contributed by atoms with E-state index in [1.54, 1.807) is 0 Å². The summed E-state index contributed by atoms with van der Waals surface area (Å²) in [7, 11) is 0. The number of nitrogens with one attached hydrogen (secondary N) is 1. The molecule has 1 aliphatic rings. The van der Waals surface area contributed by atoms with Crippen molar-refractivity contribution in [2.75, 3.05) is 6.54 Å². The van der Waals surface area contributed by atoms with Crippen molar-refractivity contribution in [3.63, 3.8) is 0 Å². The van der Waals surface area contributed by atoms with Gasteiger partial charge in [0.25, 0.3) is 0 Å². The molecule has 3 rings (SSSR count). The van der Waals surface area contributed by atoms with Gasteiger partial charge in [0.05, 0.1) is 0 Å². The van der Waals surface area contributed by atoms with Gasteiger partial charge in [-0.05, 0) is 34.6 Å². The maximum absolute atomic E-state index is 3.54. The van der Waals surface area contributed by atoms with Crippen LogP contribution in [0.5, 0.6) is 0 Å². The Morgan fingerprint density at radius 1 is 1.05 bits per heavy atom. The van der Waals surface area contributed by atoms with Crippen molar-refractivity contribution in [1.82, 2.24) is 5.32 Å². The topological polar surface area (TPSA) is 12.0 Å². The van der Waals surface area contributed by atoms with Gasteiger partial charge in [-0.1, -0.05) is 62.4 Å². The van der Waals surface area contributed by atoms with Gasteiger partial charge in [-0.15, -0.1) is 0 Å². The molecule has 1 nitrogen and oxygen atoms in total. The minimum absolute atomic E-state index is 0.602. The van der Waals surface area contributed by atoms with Crippen LogP contribution in [-0.4, -0.2) is 6.54 Å². The number of fused-ring (bicyclic) bond motifs is 1. The van der Waals surface area contributed by atoms with Gasteiger partial charge in [0.1, 0.15) is 0 Å². The number of benzene rings is 2. The summed E-state index contributed by atoms with van der Waals surface area (Å²) in [4.78, 5) is 0. The zero-order valence-corrected chi connectivity index (χ0v) is 12.4. The van der Waals surface area contributed by atoms with Crippen LogP contribution in [0.15, 0.2) is 48.5 Å². The molecule has 0 saturated heterocycles. The van der Waals surface area contributed by atoms with Crippen LogP contribution in [0.4, 0.5) is 0 Å². The van der Waals surface area contributed by atoms with E-state index >= 15 is 0 Å². The normalized spacial score (nSPS) is 18.1. The maximum atomic E-state index is 3.54. The van der Waals surface area contributed by atoms with Crippen molar-refractivity contribution in [2.45, 2.75) is 38.6 Å². The predicted octanol–water partition coefficient (Wildman–Crippen LogP) is 4.24. The lowest BCUT2D eigenvalue weighted by Crippen LogP contribution is -2.29. The first-order valence-corrected chi connectivity index (χ1v) is 7.61. The Morgan fingerprint density at radius 3 is 2.55 bits per heavy atom. The van der Waals surface area contributed by atoms with Crippen LogP contribution in [-0.2, 0) is 13.0 Å². The summed E-state index contributed by atoms with van der Waals surface area (Å²) in [6, 6.07) is 18.0. The van der Waals surface area contributed by atoms with Gasteiger partial charge in [-0.2, -0.15) is 0 Å². The van der Waals surface area contributed by atoms with E-state index in [1.165, 1.54) is 22.3 Å². The van der Waals surface area contributed by atoms with E-state index in [-0.39, 0.29) is 0 Å². The molecule has 0 saturated carbocycles. The molecular formula is C19H23N. The summed E-state index contributed by atoms with van der Waals surface area (Å²) in [5.74, 6) is 1.21. The van der Waals surface area contributed by atoms with E-state index in [0.717, 1.165) is 19.5 Å². The summed E-state index contributed by atoms with van der Waals surface area (Å²) in [5.41, 5.74) is 5.86. The fraction of sp³-hybridized carbons (Fsp3) is 0.368. The molecule has 2 aromatic rings. The highest BCUT2D eigenvalue weighted by Gasteiger charge is 2.19. The highest BCUT2D eigenvalue weighted by Crippen LogP contribution is 2.27. The Labute approximate surface area is 122 Å². The molecule has 1 heteroatoms. The zero-order chi connectivity index (χ0) is 13.9. The van der Waals surface area contributed by atoms with Crippen LogP contribution in [0, 0.1) is 0 Å². The standard InChI is InChI=1S/C19H23N/c1-14(2)16-9-7-15(8-10-16)11-18-13-20-12-17-5-3-4-6-19(17)18/h3-10,14,18,20H,11-13H2,1-2H3. The van der Waals surface area contributed by atoms with Gasteiger partial charge < -0.3 is 5.32 Å². The lowest BCUT2D eigenvalue weighted by molar-refractivity contribution is 0.539. The highest BCUT2D eigenvalue weighted by molar-refractivity contribution is 5.35. The molecule has 0 amide bonds. The van der Waals surface area contributed by atoms with E-state index < -0.39 is 0 Å². The van der Waals surface area contributed by atoms with Gasteiger partial charge in [0, 0.05) is 19.0 Å². The van der Waals surface area contributed by atoms with Crippen LogP contribution < -0.4 is 5.32 Å². The van der Waals surface area contributed by atoms with E-state index in [4.69, 9.17) is 0 Å². The number of hydrogen-bond donors (Lipinski definition) is 1. The lowest BCUT2D eigenvalue weighted by Gasteiger charge is -2.26. The van der Waals surface area contributed by atoms with Crippen LogP contribution in [0.2, 0.25) is 0 Å². The SMILES string of the molecule is CC(C)c1ccc(CC2CNCc3ccccc32)cc1. The first-order chi connectivity index (χ1) is 9.74. The van der Waals surface area contributed by atoms with Crippen molar-refractivity contribution in [3.05, 3.63) is 70.8 Å². The molecule has 1 unspecified atom stereocenters. The van der Waals surface area contributed by atoms with Gasteiger partial charge in [0.15, 0.2) is 0 Å². The molecule has 2 aromatic carbocycles. The van der Waals surface area contributed by atoms with Crippen LogP contribution in [0.25, 0.3) is 0 Å². The van der Waals surface area contributed by atoms with Crippen molar-refractivity contribution >= 4 is 0 Å². The second kappa shape index (κ2) is 5.80. The smallest absolute Gasteiger partial charge is 0.0208 e.